The summed E-state index contributed by atoms with van der Waals surface area (Å²) < 4.78 is 6.08. The molecule has 0 bridgehead atoms. The third kappa shape index (κ3) is 5.08. The van der Waals surface area contributed by atoms with Crippen LogP contribution in [0.15, 0.2) is 71.1 Å². The average Bonchev–Trinajstić information content (AvgIpc) is 3.26. The molecule has 1 saturated heterocycles. The number of nitrogens with zero attached hydrogens (tertiary/aromatic N) is 2. The Balaban J connectivity index is 1.49. The molecule has 2 amide bonds. The molecule has 32 heavy (non-hydrogen) atoms. The summed E-state index contributed by atoms with van der Waals surface area (Å²) in [7, 11) is 0. The average molecular weight is 432 g/mol. The first kappa shape index (κ1) is 21.8. The summed E-state index contributed by atoms with van der Waals surface area (Å²) in [5.74, 6) is 0.887. The van der Waals surface area contributed by atoms with E-state index in [-0.39, 0.29) is 17.9 Å². The number of amides is 2. The molecule has 2 aromatic carbocycles. The Morgan fingerprint density at radius 1 is 0.938 bits per heavy atom. The predicted molar refractivity (Wildman–Crippen MR) is 125 cm³/mol. The molecule has 1 aliphatic rings. The summed E-state index contributed by atoms with van der Waals surface area (Å²) in [5.41, 5.74) is 2.65. The van der Waals surface area contributed by atoms with Crippen LogP contribution in [0.5, 0.6) is 0 Å². The van der Waals surface area contributed by atoms with E-state index < -0.39 is 0 Å². The van der Waals surface area contributed by atoms with Crippen LogP contribution in [0.2, 0.25) is 0 Å². The second-order valence-corrected chi connectivity index (χ2v) is 8.27. The van der Waals surface area contributed by atoms with Gasteiger partial charge in [0.25, 0.3) is 5.91 Å². The van der Waals surface area contributed by atoms with Crippen molar-refractivity contribution in [3.63, 3.8) is 0 Å². The van der Waals surface area contributed by atoms with E-state index in [0.717, 1.165) is 49.4 Å². The smallest absolute Gasteiger partial charge is 0.287 e. The molecule has 0 saturated carbocycles. The number of hydrogen-bond acceptors (Lipinski definition) is 4. The fraction of sp³-hybridized carbons (Fsp3) is 0.308. The lowest BCUT2D eigenvalue weighted by atomic mass is 10.0. The zero-order chi connectivity index (χ0) is 22.5. The first-order chi connectivity index (χ1) is 15.5. The topological polar surface area (TPSA) is 65.8 Å². The zero-order valence-corrected chi connectivity index (χ0v) is 18.6. The molecule has 4 rings (SSSR count). The molecule has 2 heterocycles. The number of hydrogen-bond donors (Lipinski definition) is 1. The molecular formula is C26H29N3O3. The van der Waals surface area contributed by atoms with E-state index in [4.69, 9.17) is 4.42 Å². The quantitative estimate of drug-likeness (QED) is 0.643. The molecule has 166 valence electrons. The van der Waals surface area contributed by atoms with Gasteiger partial charge in [-0.3, -0.25) is 14.5 Å². The van der Waals surface area contributed by atoms with Gasteiger partial charge in [0.05, 0.1) is 0 Å². The van der Waals surface area contributed by atoms with Gasteiger partial charge >= 0.3 is 0 Å². The number of rotatable bonds is 6. The van der Waals surface area contributed by atoms with Crippen molar-refractivity contribution in [3.8, 4) is 22.5 Å². The lowest BCUT2D eigenvalue weighted by molar-refractivity contribution is -0.130. The van der Waals surface area contributed by atoms with E-state index in [1.165, 1.54) is 0 Å². The minimum absolute atomic E-state index is 0.0553. The molecule has 1 atom stereocenters. The van der Waals surface area contributed by atoms with Crippen LogP contribution in [0, 0.1) is 0 Å². The molecule has 1 unspecified atom stereocenters. The van der Waals surface area contributed by atoms with Gasteiger partial charge in [-0.1, -0.05) is 60.7 Å². The minimum atomic E-state index is -0.221. The summed E-state index contributed by atoms with van der Waals surface area (Å²) in [6, 6.07) is 21.5. The van der Waals surface area contributed by atoms with Crippen molar-refractivity contribution in [1.82, 2.24) is 15.1 Å². The van der Waals surface area contributed by atoms with E-state index >= 15 is 0 Å². The van der Waals surface area contributed by atoms with Crippen LogP contribution in [0.1, 0.15) is 24.4 Å². The lowest BCUT2D eigenvalue weighted by Crippen LogP contribution is -2.51. The van der Waals surface area contributed by atoms with Gasteiger partial charge in [-0.25, -0.2) is 0 Å². The third-order valence-corrected chi connectivity index (χ3v) is 5.81. The van der Waals surface area contributed by atoms with E-state index in [2.05, 4.69) is 10.2 Å². The van der Waals surface area contributed by atoms with E-state index in [0.29, 0.717) is 11.5 Å². The molecule has 6 heteroatoms. The first-order valence-electron chi connectivity index (χ1n) is 11.0. The third-order valence-electron chi connectivity index (χ3n) is 5.81. The van der Waals surface area contributed by atoms with Gasteiger partial charge < -0.3 is 14.6 Å². The summed E-state index contributed by atoms with van der Waals surface area (Å²) >= 11 is 0. The number of carbonyl (C=O) groups is 2. The molecule has 1 fully saturated rings. The number of carbonyl (C=O) groups excluding carboxylic acids is 2. The Hall–Kier alpha value is -3.38. The second-order valence-electron chi connectivity index (χ2n) is 8.27. The van der Waals surface area contributed by atoms with Crippen molar-refractivity contribution in [3.05, 3.63) is 72.5 Å². The van der Waals surface area contributed by atoms with Crippen LogP contribution in [0.25, 0.3) is 22.5 Å². The molecule has 6 nitrogen and oxygen atoms in total. The Bertz CT molecular complexity index is 1050. The van der Waals surface area contributed by atoms with Crippen LogP contribution in [-0.4, -0.2) is 60.4 Å². The predicted octanol–water partition coefficient (Wildman–Crippen LogP) is 3.90. The molecule has 0 aliphatic carbocycles. The van der Waals surface area contributed by atoms with Crippen LogP contribution >= 0.6 is 0 Å². The molecule has 0 radical (unpaired) electrons. The highest BCUT2D eigenvalue weighted by molar-refractivity contribution is 5.99. The van der Waals surface area contributed by atoms with Gasteiger partial charge in [0, 0.05) is 56.8 Å². The van der Waals surface area contributed by atoms with Crippen molar-refractivity contribution in [2.75, 3.05) is 32.7 Å². The Morgan fingerprint density at radius 3 is 2.12 bits per heavy atom. The molecule has 1 N–H and O–H groups in total. The first-order valence-corrected chi connectivity index (χ1v) is 11.0. The van der Waals surface area contributed by atoms with Crippen LogP contribution in [-0.2, 0) is 4.79 Å². The number of benzene rings is 2. The van der Waals surface area contributed by atoms with Crippen molar-refractivity contribution >= 4 is 11.8 Å². The van der Waals surface area contributed by atoms with Gasteiger partial charge in [-0.05, 0) is 18.6 Å². The maximum absolute atomic E-state index is 13.2. The maximum Gasteiger partial charge on any atom is 0.287 e. The van der Waals surface area contributed by atoms with E-state index in [1.54, 1.807) is 6.92 Å². The van der Waals surface area contributed by atoms with Crippen molar-refractivity contribution in [1.29, 1.82) is 0 Å². The molecule has 0 spiro atoms. The Morgan fingerprint density at radius 2 is 1.53 bits per heavy atom. The molecule has 1 aromatic heterocycles. The van der Waals surface area contributed by atoms with Gasteiger partial charge in [0.2, 0.25) is 5.91 Å². The van der Waals surface area contributed by atoms with Crippen molar-refractivity contribution in [2.45, 2.75) is 19.9 Å². The second kappa shape index (κ2) is 9.83. The van der Waals surface area contributed by atoms with Gasteiger partial charge in [0.15, 0.2) is 5.76 Å². The highest BCUT2D eigenvalue weighted by atomic mass is 16.4. The normalized spacial score (nSPS) is 15.4. The summed E-state index contributed by atoms with van der Waals surface area (Å²) in [4.78, 5) is 28.9. The fourth-order valence-electron chi connectivity index (χ4n) is 4.10. The van der Waals surface area contributed by atoms with E-state index in [9.17, 15) is 9.59 Å². The largest absolute Gasteiger partial charge is 0.450 e. The monoisotopic (exact) mass is 431 g/mol. The molecule has 1 aliphatic heterocycles. The van der Waals surface area contributed by atoms with E-state index in [1.807, 2.05) is 78.6 Å². The summed E-state index contributed by atoms with van der Waals surface area (Å²) in [6.45, 7) is 7.42. The number of furan rings is 1. The fourth-order valence-corrected chi connectivity index (χ4v) is 4.10. The molecular weight excluding hydrogens is 402 g/mol. The van der Waals surface area contributed by atoms with Gasteiger partial charge in [-0.15, -0.1) is 0 Å². The maximum atomic E-state index is 13.2. The Kier molecular flexibility index (Phi) is 6.71. The van der Waals surface area contributed by atoms with Crippen molar-refractivity contribution in [2.24, 2.45) is 0 Å². The SMILES string of the molecule is CC(=O)N1CCN(CC(C)NC(=O)c2oc(-c3ccccc3)cc2-c2ccccc2)CC1. The highest BCUT2D eigenvalue weighted by Gasteiger charge is 2.24. The van der Waals surface area contributed by atoms with Gasteiger partial charge in [0.1, 0.15) is 5.76 Å². The molecule has 3 aromatic rings. The zero-order valence-electron chi connectivity index (χ0n) is 18.6. The Labute approximate surface area is 188 Å². The van der Waals surface area contributed by atoms with Crippen molar-refractivity contribution < 1.29 is 14.0 Å². The standard InChI is InChI=1S/C26H29N3O3/c1-19(18-28-13-15-29(16-14-28)20(2)30)27-26(31)25-23(21-9-5-3-6-10-21)17-24(32-25)22-11-7-4-8-12-22/h3-12,17,19H,13-16,18H2,1-2H3,(H,27,31). The highest BCUT2D eigenvalue weighted by Crippen LogP contribution is 2.32. The lowest BCUT2D eigenvalue weighted by Gasteiger charge is -2.35. The summed E-state index contributed by atoms with van der Waals surface area (Å²) in [6.07, 6.45) is 0. The van der Waals surface area contributed by atoms with Crippen LogP contribution in [0.3, 0.4) is 0 Å². The van der Waals surface area contributed by atoms with Crippen LogP contribution in [0.4, 0.5) is 0 Å². The summed E-state index contributed by atoms with van der Waals surface area (Å²) in [5, 5.41) is 3.10. The number of piperazine rings is 1. The van der Waals surface area contributed by atoms with Crippen LogP contribution < -0.4 is 5.32 Å². The van der Waals surface area contributed by atoms with Gasteiger partial charge in [-0.2, -0.15) is 0 Å². The minimum Gasteiger partial charge on any atom is -0.450 e. The number of nitrogens with one attached hydrogen (secondary N) is 1.